The van der Waals surface area contributed by atoms with Crippen LogP contribution >= 0.6 is 0 Å². The summed E-state index contributed by atoms with van der Waals surface area (Å²) in [6.07, 6.45) is 0. The van der Waals surface area contributed by atoms with Crippen LogP contribution in [0.25, 0.3) is 0 Å². The number of anilines is 1. The zero-order valence-corrected chi connectivity index (χ0v) is 14.6. The molecule has 0 bridgehead atoms. The fourth-order valence-electron chi connectivity index (χ4n) is 2.98. The van der Waals surface area contributed by atoms with E-state index in [-0.39, 0.29) is 11.7 Å². The largest absolute Gasteiger partial charge is 0.330 e. The zero-order valence-electron chi connectivity index (χ0n) is 14.6. The van der Waals surface area contributed by atoms with E-state index in [1.54, 1.807) is 12.1 Å². The van der Waals surface area contributed by atoms with Gasteiger partial charge >= 0.3 is 6.03 Å². The summed E-state index contributed by atoms with van der Waals surface area (Å²) in [6, 6.07) is 10.3. The quantitative estimate of drug-likeness (QED) is 0.789. The molecule has 3 amide bonds. The van der Waals surface area contributed by atoms with E-state index in [1.165, 1.54) is 12.1 Å². The molecule has 0 spiro atoms. The molecular weight excluding hydrogens is 333 g/mol. The highest BCUT2D eigenvalue weighted by Crippen LogP contribution is 2.30. The number of rotatable bonds is 3. The maximum atomic E-state index is 13.2. The van der Waals surface area contributed by atoms with Crippen molar-refractivity contribution in [3.8, 4) is 0 Å². The van der Waals surface area contributed by atoms with Crippen molar-refractivity contribution in [1.82, 2.24) is 10.6 Å². The summed E-state index contributed by atoms with van der Waals surface area (Å²) in [5.74, 6) is -1.43. The van der Waals surface area contributed by atoms with E-state index in [2.05, 4.69) is 22.5 Å². The number of carbonyl (C=O) groups excluding carboxylic acids is 2. The second-order valence-corrected chi connectivity index (χ2v) is 6.42. The van der Waals surface area contributed by atoms with Gasteiger partial charge in [0.15, 0.2) is 0 Å². The van der Waals surface area contributed by atoms with Crippen molar-refractivity contribution < 1.29 is 14.0 Å². The Hall–Kier alpha value is -3.15. The van der Waals surface area contributed by atoms with Crippen LogP contribution in [0.3, 0.4) is 0 Å². The third-order valence-corrected chi connectivity index (χ3v) is 4.56. The molecule has 2 aromatic carbocycles. The topological polar surface area (TPSA) is 70.2 Å². The first-order valence-electron chi connectivity index (χ1n) is 8.25. The molecule has 1 saturated heterocycles. The van der Waals surface area contributed by atoms with Gasteiger partial charge in [-0.2, -0.15) is 0 Å². The SMILES string of the molecule is C=C1NC(=O)N[C@H](c2ccc(F)cc2)[C@H]1C(=O)Nc1ccc(C)c(C)c1. The Morgan fingerprint density at radius 1 is 1.12 bits per heavy atom. The highest BCUT2D eigenvalue weighted by Gasteiger charge is 2.37. The van der Waals surface area contributed by atoms with Gasteiger partial charge in [0.25, 0.3) is 0 Å². The van der Waals surface area contributed by atoms with Crippen LogP contribution in [-0.2, 0) is 4.79 Å². The Morgan fingerprint density at radius 2 is 1.81 bits per heavy atom. The number of hydrogen-bond donors (Lipinski definition) is 3. The molecule has 134 valence electrons. The minimum atomic E-state index is -0.736. The fraction of sp³-hybridized carbons (Fsp3) is 0.200. The zero-order chi connectivity index (χ0) is 18.8. The summed E-state index contributed by atoms with van der Waals surface area (Å²) in [4.78, 5) is 24.7. The lowest BCUT2D eigenvalue weighted by atomic mass is 9.88. The minimum absolute atomic E-state index is 0.296. The molecule has 0 aromatic heterocycles. The molecule has 1 fully saturated rings. The molecule has 0 radical (unpaired) electrons. The molecule has 0 saturated carbocycles. The van der Waals surface area contributed by atoms with Crippen LogP contribution in [0.1, 0.15) is 22.7 Å². The van der Waals surface area contributed by atoms with Gasteiger partial charge in [0.05, 0.1) is 6.04 Å². The van der Waals surface area contributed by atoms with Crippen molar-refractivity contribution in [2.24, 2.45) is 5.92 Å². The van der Waals surface area contributed by atoms with E-state index >= 15 is 0 Å². The van der Waals surface area contributed by atoms with E-state index in [1.807, 2.05) is 32.0 Å². The first kappa shape index (κ1) is 17.7. The summed E-state index contributed by atoms with van der Waals surface area (Å²) in [5, 5.41) is 8.14. The number of hydrogen-bond acceptors (Lipinski definition) is 2. The van der Waals surface area contributed by atoms with Crippen molar-refractivity contribution in [3.63, 3.8) is 0 Å². The highest BCUT2D eigenvalue weighted by atomic mass is 19.1. The third kappa shape index (κ3) is 3.59. The van der Waals surface area contributed by atoms with Gasteiger partial charge in [-0.1, -0.05) is 24.8 Å². The van der Waals surface area contributed by atoms with Crippen LogP contribution in [0.5, 0.6) is 0 Å². The van der Waals surface area contributed by atoms with Gasteiger partial charge in [-0.15, -0.1) is 0 Å². The first-order chi connectivity index (χ1) is 12.3. The monoisotopic (exact) mass is 353 g/mol. The molecule has 1 aliphatic heterocycles. The molecule has 0 aliphatic carbocycles. The maximum Gasteiger partial charge on any atom is 0.319 e. The van der Waals surface area contributed by atoms with E-state index in [9.17, 15) is 14.0 Å². The highest BCUT2D eigenvalue weighted by molar-refractivity contribution is 5.97. The maximum absolute atomic E-state index is 13.2. The molecule has 2 atom stereocenters. The third-order valence-electron chi connectivity index (χ3n) is 4.56. The summed E-state index contributed by atoms with van der Waals surface area (Å²) >= 11 is 0. The number of aryl methyl sites for hydroxylation is 2. The molecular formula is C20H20FN3O2. The van der Waals surface area contributed by atoms with Crippen LogP contribution in [-0.4, -0.2) is 11.9 Å². The Balaban J connectivity index is 1.88. The second kappa shape index (κ2) is 7.00. The molecule has 0 unspecified atom stereocenters. The van der Waals surface area contributed by atoms with Gasteiger partial charge in [0.1, 0.15) is 11.7 Å². The summed E-state index contributed by atoms with van der Waals surface area (Å²) in [6.45, 7) is 7.79. The predicted octanol–water partition coefficient (Wildman–Crippen LogP) is 3.57. The van der Waals surface area contributed by atoms with E-state index in [0.717, 1.165) is 11.1 Å². The fourth-order valence-corrected chi connectivity index (χ4v) is 2.98. The summed E-state index contributed by atoms with van der Waals surface area (Å²) in [7, 11) is 0. The summed E-state index contributed by atoms with van der Waals surface area (Å²) in [5.41, 5.74) is 3.78. The Morgan fingerprint density at radius 3 is 2.46 bits per heavy atom. The van der Waals surface area contributed by atoms with Gasteiger partial charge in [-0.25, -0.2) is 9.18 Å². The van der Waals surface area contributed by atoms with E-state index in [0.29, 0.717) is 16.9 Å². The Kier molecular flexibility index (Phi) is 4.75. The number of urea groups is 1. The Bertz CT molecular complexity index is 877. The van der Waals surface area contributed by atoms with Gasteiger partial charge < -0.3 is 16.0 Å². The normalized spacial score (nSPS) is 19.5. The predicted molar refractivity (Wildman–Crippen MR) is 98.0 cm³/mol. The van der Waals surface area contributed by atoms with Crippen molar-refractivity contribution >= 4 is 17.6 Å². The van der Waals surface area contributed by atoms with Crippen molar-refractivity contribution in [2.75, 3.05) is 5.32 Å². The molecule has 5 nitrogen and oxygen atoms in total. The molecule has 1 aliphatic rings. The number of nitrogens with one attached hydrogen (secondary N) is 3. The molecule has 26 heavy (non-hydrogen) atoms. The standard InChI is InChI=1S/C20H20FN3O2/c1-11-4-9-16(10-12(11)2)23-19(25)17-13(3)22-20(26)24-18(17)14-5-7-15(21)8-6-14/h4-10,17-18H,3H2,1-2H3,(H,23,25)(H2,22,24,26)/t17-,18+/m0/s1. The number of carbonyl (C=O) groups is 2. The lowest BCUT2D eigenvalue weighted by Crippen LogP contribution is -2.51. The minimum Gasteiger partial charge on any atom is -0.330 e. The molecule has 3 N–H and O–H groups in total. The molecule has 6 heteroatoms. The number of halogens is 1. The van der Waals surface area contributed by atoms with Crippen molar-refractivity contribution in [3.05, 3.63) is 77.2 Å². The van der Waals surface area contributed by atoms with Crippen LogP contribution in [0.15, 0.2) is 54.7 Å². The average molecular weight is 353 g/mol. The smallest absolute Gasteiger partial charge is 0.319 e. The lowest BCUT2D eigenvalue weighted by Gasteiger charge is -2.33. The van der Waals surface area contributed by atoms with Gasteiger partial charge in [0.2, 0.25) is 5.91 Å². The lowest BCUT2D eigenvalue weighted by molar-refractivity contribution is -0.119. The van der Waals surface area contributed by atoms with Gasteiger partial charge in [-0.3, -0.25) is 4.79 Å². The van der Waals surface area contributed by atoms with Gasteiger partial charge in [0, 0.05) is 11.4 Å². The summed E-state index contributed by atoms with van der Waals surface area (Å²) < 4.78 is 13.2. The second-order valence-electron chi connectivity index (χ2n) is 6.42. The van der Waals surface area contributed by atoms with Crippen molar-refractivity contribution in [1.29, 1.82) is 0 Å². The van der Waals surface area contributed by atoms with Crippen LogP contribution in [0.2, 0.25) is 0 Å². The molecule has 3 rings (SSSR count). The van der Waals surface area contributed by atoms with Crippen LogP contribution < -0.4 is 16.0 Å². The number of benzene rings is 2. The van der Waals surface area contributed by atoms with Crippen LogP contribution in [0, 0.1) is 25.6 Å². The molecule has 1 heterocycles. The van der Waals surface area contributed by atoms with Crippen LogP contribution in [0.4, 0.5) is 14.9 Å². The first-order valence-corrected chi connectivity index (χ1v) is 8.25. The molecule has 2 aromatic rings. The van der Waals surface area contributed by atoms with Crippen molar-refractivity contribution in [2.45, 2.75) is 19.9 Å². The van der Waals surface area contributed by atoms with E-state index < -0.39 is 18.0 Å². The van der Waals surface area contributed by atoms with Gasteiger partial charge in [-0.05, 0) is 54.8 Å². The Labute approximate surface area is 151 Å². The number of amides is 3. The van der Waals surface area contributed by atoms with E-state index in [4.69, 9.17) is 0 Å². The average Bonchev–Trinajstić information content (AvgIpc) is 2.58.